The maximum Gasteiger partial charge on any atom is 0.312 e. The maximum atomic E-state index is 13.6. The quantitative estimate of drug-likeness (QED) is 0.641. The molecule has 0 aliphatic heterocycles. The number of hydrogen-bond donors (Lipinski definition) is 0. The zero-order chi connectivity index (χ0) is 15.6. The van der Waals surface area contributed by atoms with Crippen LogP contribution >= 0.6 is 11.3 Å². The second kappa shape index (κ2) is 6.02. The Morgan fingerprint density at radius 2 is 2.05 bits per heavy atom. The van der Waals surface area contributed by atoms with Gasteiger partial charge in [-0.05, 0) is 42.4 Å². The van der Waals surface area contributed by atoms with Crippen LogP contribution in [0.2, 0.25) is 0 Å². The van der Waals surface area contributed by atoms with Crippen LogP contribution in [0.15, 0.2) is 36.4 Å². The maximum absolute atomic E-state index is 13.6. The van der Waals surface area contributed by atoms with E-state index in [1.54, 1.807) is 17.4 Å². The fourth-order valence-corrected chi connectivity index (χ4v) is 3.80. The molecule has 0 N–H and O–H groups in total. The lowest BCUT2D eigenvalue weighted by molar-refractivity contribution is -0.151. The Morgan fingerprint density at radius 3 is 2.57 bits per heavy atom. The molecular weight excluding hydrogens is 286 g/mol. The van der Waals surface area contributed by atoms with Gasteiger partial charge in [0.15, 0.2) is 7.85 Å². The van der Waals surface area contributed by atoms with Gasteiger partial charge in [-0.3, -0.25) is 4.79 Å². The first-order valence-electron chi connectivity index (χ1n) is 6.76. The van der Waals surface area contributed by atoms with E-state index in [0.29, 0.717) is 0 Å². The summed E-state index contributed by atoms with van der Waals surface area (Å²) >= 11 is 1.62. The molecule has 1 heterocycles. The second-order valence-electron chi connectivity index (χ2n) is 5.65. The lowest BCUT2D eigenvalue weighted by Crippen LogP contribution is -2.33. The summed E-state index contributed by atoms with van der Waals surface area (Å²) in [6.07, 6.45) is 0. The smallest absolute Gasteiger partial charge is 0.312 e. The average molecular weight is 304 g/mol. The van der Waals surface area contributed by atoms with Crippen molar-refractivity contribution in [3.63, 3.8) is 0 Å². The van der Waals surface area contributed by atoms with E-state index in [9.17, 15) is 9.18 Å². The Kier molecular flexibility index (Phi) is 4.52. The van der Waals surface area contributed by atoms with Gasteiger partial charge >= 0.3 is 5.97 Å². The lowest BCUT2D eigenvalue weighted by atomic mass is 9.74. The van der Waals surface area contributed by atoms with Crippen molar-refractivity contribution in [2.45, 2.75) is 19.8 Å². The summed E-state index contributed by atoms with van der Waals surface area (Å²) in [5, 5.41) is 0. The standard InChI is InChI=1S/C16H18BFO2S/c1-16(2,15(19)20-3)14(12-7-8-13(17)21-12)10-5-4-6-11(18)9-10/h4-9,14H,17H2,1-3H3. The highest BCUT2D eigenvalue weighted by molar-refractivity contribution is 7.20. The van der Waals surface area contributed by atoms with Gasteiger partial charge in [0.1, 0.15) is 5.82 Å². The van der Waals surface area contributed by atoms with E-state index in [1.807, 2.05) is 39.9 Å². The third kappa shape index (κ3) is 3.18. The van der Waals surface area contributed by atoms with Gasteiger partial charge in [-0.1, -0.05) is 18.2 Å². The lowest BCUT2D eigenvalue weighted by Gasteiger charge is -2.31. The van der Waals surface area contributed by atoms with Crippen LogP contribution in [0.25, 0.3) is 0 Å². The van der Waals surface area contributed by atoms with Crippen LogP contribution in [0, 0.1) is 11.2 Å². The Morgan fingerprint density at radius 1 is 1.33 bits per heavy atom. The summed E-state index contributed by atoms with van der Waals surface area (Å²) in [4.78, 5) is 13.2. The van der Waals surface area contributed by atoms with Crippen molar-refractivity contribution in [3.05, 3.63) is 52.7 Å². The van der Waals surface area contributed by atoms with Gasteiger partial charge in [-0.15, -0.1) is 0 Å². The molecule has 21 heavy (non-hydrogen) atoms. The molecule has 1 aromatic heterocycles. The van der Waals surface area contributed by atoms with Crippen molar-refractivity contribution >= 4 is 29.9 Å². The number of carbonyl (C=O) groups is 1. The van der Waals surface area contributed by atoms with E-state index in [-0.39, 0.29) is 17.7 Å². The molecule has 1 aromatic carbocycles. The molecule has 1 atom stereocenters. The molecule has 0 amide bonds. The van der Waals surface area contributed by atoms with E-state index in [2.05, 4.69) is 0 Å². The Labute approximate surface area is 129 Å². The third-order valence-corrected chi connectivity index (χ3v) is 4.73. The largest absolute Gasteiger partial charge is 0.469 e. The van der Waals surface area contributed by atoms with Crippen molar-refractivity contribution in [1.82, 2.24) is 0 Å². The molecule has 0 radical (unpaired) electrons. The highest BCUT2D eigenvalue weighted by Gasteiger charge is 2.40. The number of hydrogen-bond acceptors (Lipinski definition) is 3. The minimum absolute atomic E-state index is 0.237. The van der Waals surface area contributed by atoms with E-state index >= 15 is 0 Å². The molecule has 0 aliphatic rings. The van der Waals surface area contributed by atoms with Crippen LogP contribution in [0.1, 0.15) is 30.2 Å². The van der Waals surface area contributed by atoms with Gasteiger partial charge < -0.3 is 4.74 Å². The monoisotopic (exact) mass is 304 g/mol. The van der Waals surface area contributed by atoms with Crippen LogP contribution in [0.3, 0.4) is 0 Å². The molecule has 5 heteroatoms. The topological polar surface area (TPSA) is 26.3 Å². The fourth-order valence-electron chi connectivity index (χ4n) is 2.61. The highest BCUT2D eigenvalue weighted by Crippen LogP contribution is 2.43. The first kappa shape index (κ1) is 15.8. The molecule has 0 bridgehead atoms. The minimum Gasteiger partial charge on any atom is -0.469 e. The molecule has 2 aromatic rings. The van der Waals surface area contributed by atoms with Crippen LogP contribution < -0.4 is 4.78 Å². The first-order chi connectivity index (χ1) is 9.86. The molecule has 0 fully saturated rings. The summed E-state index contributed by atoms with van der Waals surface area (Å²) in [5.74, 6) is -0.839. The molecule has 0 saturated carbocycles. The number of esters is 1. The minimum atomic E-state index is -0.778. The van der Waals surface area contributed by atoms with Crippen LogP contribution in [-0.4, -0.2) is 20.9 Å². The van der Waals surface area contributed by atoms with Gasteiger partial charge in [-0.2, -0.15) is 11.3 Å². The Balaban J connectivity index is 2.57. The summed E-state index contributed by atoms with van der Waals surface area (Å²) in [6, 6.07) is 10.4. The number of rotatable bonds is 4. The number of ether oxygens (including phenoxy) is 1. The highest BCUT2D eigenvalue weighted by atomic mass is 32.1. The summed E-state index contributed by atoms with van der Waals surface area (Å²) < 4.78 is 19.7. The van der Waals surface area contributed by atoms with Crippen molar-refractivity contribution in [3.8, 4) is 0 Å². The number of carbonyl (C=O) groups excluding carboxylic acids is 1. The van der Waals surface area contributed by atoms with Gasteiger partial charge in [0.25, 0.3) is 0 Å². The van der Waals surface area contributed by atoms with Gasteiger partial charge in [0, 0.05) is 10.8 Å². The molecule has 2 nitrogen and oxygen atoms in total. The summed E-state index contributed by atoms with van der Waals surface area (Å²) in [5.41, 5.74) is 0.00655. The molecule has 0 spiro atoms. The van der Waals surface area contributed by atoms with E-state index in [4.69, 9.17) is 4.74 Å². The molecule has 0 aliphatic carbocycles. The van der Waals surface area contributed by atoms with Crippen LogP contribution in [-0.2, 0) is 9.53 Å². The zero-order valence-corrected chi connectivity index (χ0v) is 13.5. The van der Waals surface area contributed by atoms with E-state index < -0.39 is 5.41 Å². The SMILES string of the molecule is Bc1ccc(C(c2cccc(F)c2)C(C)(C)C(=O)OC)s1. The molecule has 0 saturated heterocycles. The number of halogens is 1. The van der Waals surface area contributed by atoms with E-state index in [0.717, 1.165) is 15.2 Å². The van der Waals surface area contributed by atoms with Crippen molar-refractivity contribution < 1.29 is 13.9 Å². The van der Waals surface area contributed by atoms with Crippen molar-refractivity contribution in [2.24, 2.45) is 5.41 Å². The Bertz CT molecular complexity index is 651. The second-order valence-corrected chi connectivity index (χ2v) is 6.97. The molecule has 1 unspecified atom stereocenters. The number of benzene rings is 1. The third-order valence-electron chi connectivity index (χ3n) is 3.66. The van der Waals surface area contributed by atoms with E-state index in [1.165, 1.54) is 19.2 Å². The number of thiophene rings is 1. The molecule has 110 valence electrons. The molecule has 2 rings (SSSR count). The van der Waals surface area contributed by atoms with Gasteiger partial charge in [0.05, 0.1) is 12.5 Å². The normalized spacial score (nSPS) is 13.0. The molecular formula is C16H18BFO2S. The van der Waals surface area contributed by atoms with Crippen molar-refractivity contribution in [2.75, 3.05) is 7.11 Å². The van der Waals surface area contributed by atoms with Crippen LogP contribution in [0.5, 0.6) is 0 Å². The zero-order valence-electron chi connectivity index (χ0n) is 12.6. The predicted octanol–water partition coefficient (Wildman–Crippen LogP) is 2.48. The predicted molar refractivity (Wildman–Crippen MR) is 86.5 cm³/mol. The Hall–Kier alpha value is -1.62. The van der Waals surface area contributed by atoms with Crippen LogP contribution in [0.4, 0.5) is 4.39 Å². The van der Waals surface area contributed by atoms with Gasteiger partial charge in [-0.25, -0.2) is 4.39 Å². The van der Waals surface area contributed by atoms with Gasteiger partial charge in [0.2, 0.25) is 0 Å². The van der Waals surface area contributed by atoms with Crippen molar-refractivity contribution in [1.29, 1.82) is 0 Å². The average Bonchev–Trinajstić information content (AvgIpc) is 2.84. The summed E-state index contributed by atoms with van der Waals surface area (Å²) in [6.45, 7) is 3.67. The summed E-state index contributed by atoms with van der Waals surface area (Å²) in [7, 11) is 3.40. The number of methoxy groups -OCH3 is 1. The first-order valence-corrected chi connectivity index (χ1v) is 7.58. The fraction of sp³-hybridized carbons (Fsp3) is 0.312.